The van der Waals surface area contributed by atoms with Crippen molar-refractivity contribution in [2.75, 3.05) is 11.9 Å². The van der Waals surface area contributed by atoms with E-state index in [1.165, 1.54) is 0 Å². The van der Waals surface area contributed by atoms with E-state index in [4.69, 9.17) is 0 Å². The smallest absolute Gasteiger partial charge is 0.253 e. The molecule has 0 radical (unpaired) electrons. The maximum absolute atomic E-state index is 12.2. The van der Waals surface area contributed by atoms with Gasteiger partial charge in [-0.1, -0.05) is 30.3 Å². The number of rotatable bonds is 4. The lowest BCUT2D eigenvalue weighted by Crippen LogP contribution is -2.32. The SMILES string of the molecule is O=C(CNC(=O)c1c[nH]c2ccccc12)Nc1ccccc1Br. The predicted octanol–water partition coefficient (Wildman–Crippen LogP) is 3.30. The van der Waals surface area contributed by atoms with Crippen LogP contribution in [0, 0.1) is 0 Å². The molecule has 0 aliphatic heterocycles. The van der Waals surface area contributed by atoms with Crippen LogP contribution < -0.4 is 10.6 Å². The maximum atomic E-state index is 12.2. The second-order valence-corrected chi connectivity index (χ2v) is 5.81. The minimum Gasteiger partial charge on any atom is -0.360 e. The Labute approximate surface area is 141 Å². The zero-order valence-electron chi connectivity index (χ0n) is 12.1. The molecule has 3 N–H and O–H groups in total. The van der Waals surface area contributed by atoms with Gasteiger partial charge in [0.15, 0.2) is 0 Å². The van der Waals surface area contributed by atoms with Crippen LogP contribution in [0.25, 0.3) is 10.9 Å². The minimum atomic E-state index is -0.287. The summed E-state index contributed by atoms with van der Waals surface area (Å²) in [5.41, 5.74) is 2.07. The molecule has 0 saturated heterocycles. The number of carbonyl (C=O) groups excluding carboxylic acids is 2. The molecule has 116 valence electrons. The van der Waals surface area contributed by atoms with Gasteiger partial charge in [0.25, 0.3) is 5.91 Å². The fourth-order valence-electron chi connectivity index (χ4n) is 2.27. The minimum absolute atomic E-state index is 0.0975. The summed E-state index contributed by atoms with van der Waals surface area (Å²) in [7, 11) is 0. The molecule has 1 aromatic heterocycles. The zero-order valence-corrected chi connectivity index (χ0v) is 13.7. The number of halogens is 1. The molecule has 0 fully saturated rings. The molecule has 2 aromatic carbocycles. The van der Waals surface area contributed by atoms with E-state index in [0.29, 0.717) is 11.3 Å². The Hall–Kier alpha value is -2.60. The van der Waals surface area contributed by atoms with E-state index in [2.05, 4.69) is 31.5 Å². The average molecular weight is 372 g/mol. The first-order chi connectivity index (χ1) is 11.1. The van der Waals surface area contributed by atoms with Gasteiger partial charge in [0, 0.05) is 21.6 Å². The van der Waals surface area contributed by atoms with Crippen LogP contribution in [-0.4, -0.2) is 23.3 Å². The fourth-order valence-corrected chi connectivity index (χ4v) is 2.66. The lowest BCUT2D eigenvalue weighted by molar-refractivity contribution is -0.115. The molecule has 6 heteroatoms. The molecule has 1 heterocycles. The normalized spacial score (nSPS) is 10.5. The van der Waals surface area contributed by atoms with Crippen molar-refractivity contribution < 1.29 is 9.59 Å². The summed E-state index contributed by atoms with van der Waals surface area (Å²) in [5.74, 6) is -0.574. The van der Waals surface area contributed by atoms with Crippen molar-refractivity contribution in [2.45, 2.75) is 0 Å². The molecule has 0 saturated carbocycles. The van der Waals surface area contributed by atoms with Gasteiger partial charge in [-0.15, -0.1) is 0 Å². The number of anilines is 1. The van der Waals surface area contributed by atoms with E-state index in [1.54, 1.807) is 12.3 Å². The number of amides is 2. The number of fused-ring (bicyclic) bond motifs is 1. The van der Waals surface area contributed by atoms with E-state index in [1.807, 2.05) is 42.5 Å². The van der Waals surface area contributed by atoms with Crippen LogP contribution >= 0.6 is 15.9 Å². The van der Waals surface area contributed by atoms with Crippen molar-refractivity contribution in [1.82, 2.24) is 10.3 Å². The van der Waals surface area contributed by atoms with Crippen molar-refractivity contribution in [3.8, 4) is 0 Å². The summed E-state index contributed by atoms with van der Waals surface area (Å²) < 4.78 is 0.788. The molecule has 0 aliphatic carbocycles. The van der Waals surface area contributed by atoms with Crippen molar-refractivity contribution in [1.29, 1.82) is 0 Å². The summed E-state index contributed by atoms with van der Waals surface area (Å²) >= 11 is 3.36. The molecule has 0 aliphatic rings. The molecule has 5 nitrogen and oxygen atoms in total. The molecule has 23 heavy (non-hydrogen) atoms. The molecule has 0 spiro atoms. The highest BCUT2D eigenvalue weighted by Crippen LogP contribution is 2.21. The molecule has 0 unspecified atom stereocenters. The van der Waals surface area contributed by atoms with Gasteiger partial charge in [0.05, 0.1) is 17.8 Å². The number of nitrogens with one attached hydrogen (secondary N) is 3. The summed E-state index contributed by atoms with van der Waals surface area (Å²) in [5, 5.41) is 6.20. The van der Waals surface area contributed by atoms with Crippen LogP contribution in [0.5, 0.6) is 0 Å². The first kappa shape index (κ1) is 15.3. The van der Waals surface area contributed by atoms with Crippen LogP contribution in [0.1, 0.15) is 10.4 Å². The highest BCUT2D eigenvalue weighted by atomic mass is 79.9. The third-order valence-corrected chi connectivity index (χ3v) is 4.08. The Morgan fingerprint density at radius 2 is 1.78 bits per heavy atom. The topological polar surface area (TPSA) is 74.0 Å². The second kappa shape index (κ2) is 6.66. The van der Waals surface area contributed by atoms with Crippen molar-refractivity contribution >= 4 is 44.3 Å². The van der Waals surface area contributed by atoms with Crippen molar-refractivity contribution in [3.05, 3.63) is 64.8 Å². The third kappa shape index (κ3) is 3.43. The monoisotopic (exact) mass is 371 g/mol. The number of H-pyrrole nitrogens is 1. The maximum Gasteiger partial charge on any atom is 0.253 e. The van der Waals surface area contributed by atoms with Crippen LogP contribution in [0.4, 0.5) is 5.69 Å². The molecular weight excluding hydrogens is 358 g/mol. The molecule has 3 aromatic rings. The fraction of sp³-hybridized carbons (Fsp3) is 0.0588. The van der Waals surface area contributed by atoms with Gasteiger partial charge in [0.2, 0.25) is 5.91 Å². The van der Waals surface area contributed by atoms with Gasteiger partial charge in [-0.25, -0.2) is 0 Å². The molecule has 0 atom stereocenters. The predicted molar refractivity (Wildman–Crippen MR) is 93.4 cm³/mol. The van der Waals surface area contributed by atoms with Crippen molar-refractivity contribution in [2.24, 2.45) is 0 Å². The summed E-state index contributed by atoms with van der Waals surface area (Å²) in [4.78, 5) is 27.2. The first-order valence-electron chi connectivity index (χ1n) is 7.04. The van der Waals surface area contributed by atoms with Crippen LogP contribution in [0.3, 0.4) is 0 Å². The second-order valence-electron chi connectivity index (χ2n) is 4.96. The van der Waals surface area contributed by atoms with Gasteiger partial charge < -0.3 is 15.6 Å². The number of para-hydroxylation sites is 2. The van der Waals surface area contributed by atoms with Crippen LogP contribution in [0.2, 0.25) is 0 Å². The summed E-state index contributed by atoms with van der Waals surface area (Å²) in [6.45, 7) is -0.0975. The Kier molecular flexibility index (Phi) is 4.43. The van der Waals surface area contributed by atoms with E-state index >= 15 is 0 Å². The van der Waals surface area contributed by atoms with Gasteiger partial charge in [0.1, 0.15) is 0 Å². The summed E-state index contributed by atoms with van der Waals surface area (Å²) in [6, 6.07) is 14.8. The average Bonchev–Trinajstić information content (AvgIpc) is 2.99. The number of carbonyl (C=O) groups is 2. The van der Waals surface area contributed by atoms with Crippen LogP contribution in [-0.2, 0) is 4.79 Å². The third-order valence-electron chi connectivity index (χ3n) is 3.39. The standard InChI is InChI=1S/C17H14BrN3O2/c18-13-6-2-4-8-15(13)21-16(22)10-20-17(23)12-9-19-14-7-3-1-5-11(12)14/h1-9,19H,10H2,(H,20,23)(H,21,22). The van der Waals surface area contributed by atoms with Crippen molar-refractivity contribution in [3.63, 3.8) is 0 Å². The molecule has 2 amide bonds. The van der Waals surface area contributed by atoms with E-state index < -0.39 is 0 Å². The van der Waals surface area contributed by atoms with Gasteiger partial charge in [-0.2, -0.15) is 0 Å². The summed E-state index contributed by atoms with van der Waals surface area (Å²) in [6.07, 6.45) is 1.64. The number of hydrogen-bond acceptors (Lipinski definition) is 2. The quantitative estimate of drug-likeness (QED) is 0.658. The molecule has 3 rings (SSSR count). The lowest BCUT2D eigenvalue weighted by Gasteiger charge is -2.08. The Balaban J connectivity index is 1.63. The molecule has 0 bridgehead atoms. The number of aromatic amines is 1. The molecular formula is C17H14BrN3O2. The van der Waals surface area contributed by atoms with E-state index in [9.17, 15) is 9.59 Å². The largest absolute Gasteiger partial charge is 0.360 e. The lowest BCUT2D eigenvalue weighted by atomic mass is 10.1. The zero-order chi connectivity index (χ0) is 16.2. The highest BCUT2D eigenvalue weighted by Gasteiger charge is 2.13. The Morgan fingerprint density at radius 3 is 2.61 bits per heavy atom. The highest BCUT2D eigenvalue weighted by molar-refractivity contribution is 9.10. The Morgan fingerprint density at radius 1 is 1.04 bits per heavy atom. The van der Waals surface area contributed by atoms with Gasteiger partial charge >= 0.3 is 0 Å². The number of aromatic nitrogens is 1. The number of hydrogen-bond donors (Lipinski definition) is 3. The first-order valence-corrected chi connectivity index (χ1v) is 7.83. The van der Waals surface area contributed by atoms with E-state index in [-0.39, 0.29) is 18.4 Å². The van der Waals surface area contributed by atoms with Gasteiger partial charge in [-0.3, -0.25) is 9.59 Å². The number of benzene rings is 2. The Bertz CT molecular complexity index is 873. The van der Waals surface area contributed by atoms with Gasteiger partial charge in [-0.05, 0) is 34.1 Å². The van der Waals surface area contributed by atoms with E-state index in [0.717, 1.165) is 15.4 Å². The van der Waals surface area contributed by atoms with Crippen LogP contribution in [0.15, 0.2) is 59.2 Å².